The number of nitrogens with zero attached hydrogens (tertiary/aromatic N) is 6. The highest BCUT2D eigenvalue weighted by Crippen LogP contribution is 2.36. The first-order chi connectivity index (χ1) is 20.4. The van der Waals surface area contributed by atoms with E-state index in [9.17, 15) is 4.79 Å². The van der Waals surface area contributed by atoms with Gasteiger partial charge in [-0.15, -0.1) is 0 Å². The predicted octanol–water partition coefficient (Wildman–Crippen LogP) is 5.87. The van der Waals surface area contributed by atoms with Crippen LogP contribution in [0.5, 0.6) is 0 Å². The van der Waals surface area contributed by atoms with Crippen LogP contribution in [0.4, 0.5) is 22.3 Å². The lowest BCUT2D eigenvalue weighted by molar-refractivity contribution is 0.101. The third kappa shape index (κ3) is 5.90. The van der Waals surface area contributed by atoms with Gasteiger partial charge in [0, 0.05) is 30.0 Å². The van der Waals surface area contributed by atoms with E-state index in [-0.39, 0.29) is 11.8 Å². The second-order valence-corrected chi connectivity index (χ2v) is 11.4. The summed E-state index contributed by atoms with van der Waals surface area (Å²) in [7, 11) is 0. The maximum Gasteiger partial charge on any atom is 0.273 e. The summed E-state index contributed by atoms with van der Waals surface area (Å²) >= 11 is 1.35. The molecule has 11 nitrogen and oxygen atoms in total. The largest absolute Gasteiger partial charge is 0.382 e. The summed E-state index contributed by atoms with van der Waals surface area (Å²) in [6.45, 7) is 9.69. The SMILES string of the molecule is CCn1nc(C)cc1C(=O)Nc1ccc(C)c(-c2noc(-c3sc(Nc4ccc(CN5CCCC5)cc4)nc3N)n2)c1. The molecule has 0 unspecified atom stereocenters. The van der Waals surface area contributed by atoms with Crippen molar-refractivity contribution in [2.45, 2.75) is 46.7 Å². The number of hydrogen-bond acceptors (Lipinski definition) is 10. The number of nitrogen functional groups attached to an aromatic ring is 1. The van der Waals surface area contributed by atoms with Crippen LogP contribution in [0.2, 0.25) is 0 Å². The van der Waals surface area contributed by atoms with Crippen LogP contribution in [-0.4, -0.2) is 48.8 Å². The molecule has 1 amide bonds. The van der Waals surface area contributed by atoms with Gasteiger partial charge in [-0.2, -0.15) is 10.1 Å². The summed E-state index contributed by atoms with van der Waals surface area (Å²) in [6, 6.07) is 15.7. The van der Waals surface area contributed by atoms with Gasteiger partial charge in [-0.25, -0.2) is 4.98 Å². The van der Waals surface area contributed by atoms with Crippen molar-refractivity contribution in [3.05, 3.63) is 71.0 Å². The van der Waals surface area contributed by atoms with Crippen molar-refractivity contribution in [2.24, 2.45) is 0 Å². The van der Waals surface area contributed by atoms with E-state index in [2.05, 4.69) is 60.0 Å². The lowest BCUT2D eigenvalue weighted by Crippen LogP contribution is -2.18. The third-order valence-corrected chi connectivity index (χ3v) is 8.23. The fourth-order valence-electron chi connectivity index (χ4n) is 5.08. The number of likely N-dealkylation sites (tertiary alicyclic amines) is 1. The average molecular weight is 584 g/mol. The number of anilines is 4. The van der Waals surface area contributed by atoms with Crippen LogP contribution in [0.25, 0.3) is 22.2 Å². The van der Waals surface area contributed by atoms with E-state index in [0.717, 1.165) is 29.1 Å². The Morgan fingerprint density at radius 1 is 1.05 bits per heavy atom. The summed E-state index contributed by atoms with van der Waals surface area (Å²) in [5, 5.41) is 15.5. The topological polar surface area (TPSA) is 140 Å². The molecular formula is C30H33N9O2S. The first-order valence-corrected chi connectivity index (χ1v) is 14.8. The number of carbonyl (C=O) groups is 1. The minimum Gasteiger partial charge on any atom is -0.382 e. The number of aryl methyl sites for hydroxylation is 3. The van der Waals surface area contributed by atoms with Crippen molar-refractivity contribution in [1.29, 1.82) is 0 Å². The molecule has 0 bridgehead atoms. The van der Waals surface area contributed by atoms with Gasteiger partial charge in [0.05, 0.1) is 5.69 Å². The van der Waals surface area contributed by atoms with Crippen LogP contribution in [-0.2, 0) is 13.1 Å². The summed E-state index contributed by atoms with van der Waals surface area (Å²) in [5.41, 5.74) is 12.0. The Labute approximate surface area is 247 Å². The van der Waals surface area contributed by atoms with Crippen LogP contribution < -0.4 is 16.4 Å². The van der Waals surface area contributed by atoms with Gasteiger partial charge in [-0.1, -0.05) is 34.7 Å². The molecule has 0 radical (unpaired) electrons. The highest BCUT2D eigenvalue weighted by atomic mass is 32.1. The van der Waals surface area contributed by atoms with Gasteiger partial charge in [-0.3, -0.25) is 14.4 Å². The highest BCUT2D eigenvalue weighted by Gasteiger charge is 2.20. The normalized spacial score (nSPS) is 13.5. The number of carbonyl (C=O) groups excluding carboxylic acids is 1. The molecule has 0 saturated carbocycles. The number of thiazole rings is 1. The zero-order valence-electron chi connectivity index (χ0n) is 23.8. The molecule has 0 atom stereocenters. The van der Waals surface area contributed by atoms with E-state index in [4.69, 9.17) is 10.3 Å². The average Bonchev–Trinajstić information content (AvgIpc) is 3.79. The van der Waals surface area contributed by atoms with Gasteiger partial charge in [-0.05, 0) is 88.2 Å². The Morgan fingerprint density at radius 2 is 1.81 bits per heavy atom. The van der Waals surface area contributed by atoms with E-state index in [1.54, 1.807) is 10.7 Å². The molecule has 6 rings (SSSR count). The Morgan fingerprint density at radius 3 is 2.57 bits per heavy atom. The van der Waals surface area contributed by atoms with Crippen molar-refractivity contribution in [3.8, 4) is 22.2 Å². The number of benzene rings is 2. The third-order valence-electron chi connectivity index (χ3n) is 7.25. The summed E-state index contributed by atoms with van der Waals surface area (Å²) in [6.07, 6.45) is 2.57. The predicted molar refractivity (Wildman–Crippen MR) is 165 cm³/mol. The molecule has 5 aromatic rings. The first kappa shape index (κ1) is 27.6. The van der Waals surface area contributed by atoms with Crippen molar-refractivity contribution >= 4 is 39.6 Å². The van der Waals surface area contributed by atoms with Crippen molar-refractivity contribution in [3.63, 3.8) is 0 Å². The second kappa shape index (κ2) is 11.7. The Balaban J connectivity index is 1.16. The minimum absolute atomic E-state index is 0.236. The molecule has 2 aromatic carbocycles. The van der Waals surface area contributed by atoms with Crippen LogP contribution in [0.3, 0.4) is 0 Å². The Bertz CT molecular complexity index is 1710. The zero-order chi connectivity index (χ0) is 29.2. The van der Waals surface area contributed by atoms with Gasteiger partial charge in [0.2, 0.25) is 5.82 Å². The molecule has 1 aliphatic rings. The van der Waals surface area contributed by atoms with E-state index >= 15 is 0 Å². The molecule has 3 aromatic heterocycles. The molecule has 4 N–H and O–H groups in total. The number of amides is 1. The highest BCUT2D eigenvalue weighted by molar-refractivity contribution is 7.19. The van der Waals surface area contributed by atoms with Crippen molar-refractivity contribution in [2.75, 3.05) is 29.5 Å². The van der Waals surface area contributed by atoms with E-state index < -0.39 is 0 Å². The zero-order valence-corrected chi connectivity index (χ0v) is 24.7. The standard InChI is InChI=1S/C30H33N9O2S/c1-4-39-24(15-19(3)36-39)28(40)32-22-10-7-18(2)23(16-22)27-35-29(41-37-27)25-26(31)34-30(42-25)33-21-11-8-20(9-12-21)17-38-13-5-6-14-38/h7-12,15-16H,4-6,13-14,17,31H2,1-3H3,(H,32,40)(H,33,34). The van der Waals surface area contributed by atoms with E-state index in [0.29, 0.717) is 39.6 Å². The number of nitrogens with one attached hydrogen (secondary N) is 2. The smallest absolute Gasteiger partial charge is 0.273 e. The monoisotopic (exact) mass is 583 g/mol. The van der Waals surface area contributed by atoms with Gasteiger partial charge in [0.25, 0.3) is 11.8 Å². The molecule has 42 heavy (non-hydrogen) atoms. The Hall–Kier alpha value is -4.55. The first-order valence-electron chi connectivity index (χ1n) is 14.0. The molecule has 12 heteroatoms. The maximum atomic E-state index is 12.9. The molecule has 216 valence electrons. The van der Waals surface area contributed by atoms with E-state index in [1.807, 2.05) is 39.0 Å². The summed E-state index contributed by atoms with van der Waals surface area (Å²) in [4.78, 5) is 25.1. The fourth-order valence-corrected chi connectivity index (χ4v) is 5.91. The molecule has 0 spiro atoms. The van der Waals surface area contributed by atoms with Gasteiger partial charge >= 0.3 is 0 Å². The van der Waals surface area contributed by atoms with Crippen LogP contribution >= 0.6 is 11.3 Å². The molecule has 4 heterocycles. The molecule has 1 aliphatic heterocycles. The second-order valence-electron chi connectivity index (χ2n) is 10.4. The van der Waals surface area contributed by atoms with Crippen LogP contribution in [0.1, 0.15) is 47.1 Å². The van der Waals surface area contributed by atoms with Crippen molar-refractivity contribution in [1.82, 2.24) is 29.8 Å². The number of hydrogen-bond donors (Lipinski definition) is 3. The number of nitrogens with two attached hydrogens (primary N) is 1. The summed E-state index contributed by atoms with van der Waals surface area (Å²) in [5.74, 6) is 0.748. The number of rotatable bonds is 9. The molecule has 1 fully saturated rings. The van der Waals surface area contributed by atoms with Gasteiger partial charge in [0.1, 0.15) is 16.4 Å². The minimum atomic E-state index is -0.236. The van der Waals surface area contributed by atoms with Crippen LogP contribution in [0.15, 0.2) is 53.1 Å². The van der Waals surface area contributed by atoms with Crippen molar-refractivity contribution < 1.29 is 9.32 Å². The quantitative estimate of drug-likeness (QED) is 0.194. The lowest BCUT2D eigenvalue weighted by Gasteiger charge is -2.14. The van der Waals surface area contributed by atoms with Crippen LogP contribution in [0, 0.1) is 13.8 Å². The lowest BCUT2D eigenvalue weighted by atomic mass is 10.1. The molecular weight excluding hydrogens is 550 g/mol. The van der Waals surface area contributed by atoms with Gasteiger partial charge in [0.15, 0.2) is 5.13 Å². The van der Waals surface area contributed by atoms with Gasteiger partial charge < -0.3 is 20.9 Å². The molecule has 0 aliphatic carbocycles. The molecule has 1 saturated heterocycles. The summed E-state index contributed by atoms with van der Waals surface area (Å²) < 4.78 is 7.28. The Kier molecular flexibility index (Phi) is 7.72. The van der Waals surface area contributed by atoms with E-state index in [1.165, 1.54) is 42.8 Å². The maximum absolute atomic E-state index is 12.9. The fraction of sp³-hybridized carbons (Fsp3) is 0.300. The number of aromatic nitrogens is 5.